The van der Waals surface area contributed by atoms with Gasteiger partial charge in [-0.3, -0.25) is 4.90 Å². The molecule has 0 aromatic heterocycles. The van der Waals surface area contributed by atoms with Crippen LogP contribution in [0.4, 0.5) is 5.69 Å². The van der Waals surface area contributed by atoms with Gasteiger partial charge in [0.05, 0.1) is 6.61 Å². The second kappa shape index (κ2) is 5.70. The molecule has 3 nitrogen and oxygen atoms in total. The highest BCUT2D eigenvalue weighted by atomic mass is 35.5. The van der Waals surface area contributed by atoms with Gasteiger partial charge in [-0.1, -0.05) is 17.7 Å². The van der Waals surface area contributed by atoms with Crippen molar-refractivity contribution in [2.24, 2.45) is 0 Å². The molecule has 1 atom stereocenters. The lowest BCUT2D eigenvalue weighted by molar-refractivity contribution is 0.272. The van der Waals surface area contributed by atoms with Crippen LogP contribution in [0.25, 0.3) is 0 Å². The van der Waals surface area contributed by atoms with Crippen LogP contribution < -0.4 is 4.90 Å². The van der Waals surface area contributed by atoms with Crippen LogP contribution in [0, 0.1) is 0 Å². The van der Waals surface area contributed by atoms with Crippen LogP contribution in [0.3, 0.4) is 0 Å². The molecule has 19 heavy (non-hydrogen) atoms. The Bertz CT molecular complexity index is 452. The van der Waals surface area contributed by atoms with Gasteiger partial charge in [-0.2, -0.15) is 0 Å². The molecule has 1 aromatic carbocycles. The Labute approximate surface area is 119 Å². The number of aliphatic hydroxyl groups excluding tert-OH is 1. The number of hydrogen-bond donors (Lipinski definition) is 1. The quantitative estimate of drug-likeness (QED) is 0.902. The number of hydrogen-bond acceptors (Lipinski definition) is 3. The number of nitrogens with zero attached hydrogens (tertiary/aromatic N) is 2. The van der Waals surface area contributed by atoms with E-state index in [-0.39, 0.29) is 6.61 Å². The summed E-state index contributed by atoms with van der Waals surface area (Å²) in [6.45, 7) is 4.59. The predicted molar refractivity (Wildman–Crippen MR) is 78.8 cm³/mol. The molecule has 1 N–H and O–H groups in total. The fourth-order valence-electron chi connectivity index (χ4n) is 3.43. The van der Waals surface area contributed by atoms with Crippen LogP contribution in [-0.2, 0) is 6.61 Å². The van der Waals surface area contributed by atoms with Crippen LogP contribution >= 0.6 is 11.6 Å². The van der Waals surface area contributed by atoms with Crippen LogP contribution in [-0.4, -0.2) is 42.2 Å². The van der Waals surface area contributed by atoms with Crippen molar-refractivity contribution in [3.8, 4) is 0 Å². The monoisotopic (exact) mass is 280 g/mol. The summed E-state index contributed by atoms with van der Waals surface area (Å²) < 4.78 is 0. The maximum atomic E-state index is 9.57. The van der Waals surface area contributed by atoms with E-state index in [1.54, 1.807) is 0 Å². The standard InChI is InChI=1S/C15H21ClN2O/c16-14-5-1-6-15(13(14)11-19)18-9-3-8-17-7-2-4-12(17)10-18/h1,5-6,12,19H,2-4,7-11H2. The first kappa shape index (κ1) is 13.2. The maximum Gasteiger partial charge on any atom is 0.0716 e. The highest BCUT2D eigenvalue weighted by Crippen LogP contribution is 2.30. The molecule has 0 bridgehead atoms. The molecule has 104 valence electrons. The van der Waals surface area contributed by atoms with E-state index >= 15 is 0 Å². The Balaban J connectivity index is 1.87. The van der Waals surface area contributed by atoms with Gasteiger partial charge in [0.2, 0.25) is 0 Å². The van der Waals surface area contributed by atoms with Crippen LogP contribution in [0.2, 0.25) is 5.02 Å². The summed E-state index contributed by atoms with van der Waals surface area (Å²) in [5.41, 5.74) is 1.99. The topological polar surface area (TPSA) is 26.7 Å². The van der Waals surface area contributed by atoms with Crippen molar-refractivity contribution >= 4 is 17.3 Å². The largest absolute Gasteiger partial charge is 0.392 e. The molecule has 0 aliphatic carbocycles. The molecule has 3 rings (SSSR count). The summed E-state index contributed by atoms with van der Waals surface area (Å²) in [7, 11) is 0. The van der Waals surface area contributed by atoms with Gasteiger partial charge >= 0.3 is 0 Å². The average Bonchev–Trinajstić information content (AvgIpc) is 2.76. The summed E-state index contributed by atoms with van der Waals surface area (Å²) in [5, 5.41) is 10.2. The zero-order chi connectivity index (χ0) is 13.2. The van der Waals surface area contributed by atoms with E-state index in [4.69, 9.17) is 11.6 Å². The first-order chi connectivity index (χ1) is 9.29. The molecular formula is C15H21ClN2O. The minimum atomic E-state index is 0.0138. The van der Waals surface area contributed by atoms with Gasteiger partial charge < -0.3 is 10.0 Å². The van der Waals surface area contributed by atoms with E-state index in [2.05, 4.69) is 15.9 Å². The number of anilines is 1. The number of benzene rings is 1. The molecular weight excluding hydrogens is 260 g/mol. The fraction of sp³-hybridized carbons (Fsp3) is 0.600. The third-order valence-corrected chi connectivity index (χ3v) is 4.75. The SMILES string of the molecule is OCc1c(Cl)cccc1N1CCCN2CCCC2C1. The van der Waals surface area contributed by atoms with E-state index < -0.39 is 0 Å². The van der Waals surface area contributed by atoms with Gasteiger partial charge in [-0.15, -0.1) is 0 Å². The lowest BCUT2D eigenvalue weighted by Gasteiger charge is -2.29. The summed E-state index contributed by atoms with van der Waals surface area (Å²) in [6.07, 6.45) is 3.81. The van der Waals surface area contributed by atoms with Crippen molar-refractivity contribution < 1.29 is 5.11 Å². The van der Waals surface area contributed by atoms with E-state index in [1.807, 2.05) is 12.1 Å². The van der Waals surface area contributed by atoms with Crippen molar-refractivity contribution in [2.45, 2.75) is 31.9 Å². The Morgan fingerprint density at radius 3 is 2.89 bits per heavy atom. The van der Waals surface area contributed by atoms with Gasteiger partial charge in [-0.25, -0.2) is 0 Å². The Morgan fingerprint density at radius 2 is 2.05 bits per heavy atom. The van der Waals surface area contributed by atoms with Crippen LogP contribution in [0.15, 0.2) is 18.2 Å². The van der Waals surface area contributed by atoms with Crippen molar-refractivity contribution in [3.63, 3.8) is 0 Å². The molecule has 2 saturated heterocycles. The van der Waals surface area contributed by atoms with Gasteiger partial charge in [-0.05, 0) is 37.9 Å². The molecule has 1 aromatic rings. The van der Waals surface area contributed by atoms with Gasteiger partial charge in [0.15, 0.2) is 0 Å². The first-order valence-electron chi connectivity index (χ1n) is 7.17. The number of rotatable bonds is 2. The molecule has 1 unspecified atom stereocenters. The summed E-state index contributed by atoms with van der Waals surface area (Å²) in [6, 6.07) is 6.60. The minimum absolute atomic E-state index is 0.0138. The number of halogens is 1. The molecule has 0 amide bonds. The maximum absolute atomic E-state index is 9.57. The lowest BCUT2D eigenvalue weighted by Crippen LogP contribution is -2.37. The molecule has 0 radical (unpaired) electrons. The van der Waals surface area contributed by atoms with Crippen molar-refractivity contribution in [2.75, 3.05) is 31.1 Å². The Morgan fingerprint density at radius 1 is 1.21 bits per heavy atom. The Hall–Kier alpha value is -0.770. The number of aliphatic hydroxyl groups is 1. The van der Waals surface area contributed by atoms with E-state index in [9.17, 15) is 5.11 Å². The summed E-state index contributed by atoms with van der Waals surface area (Å²) >= 11 is 6.20. The number of fused-ring (bicyclic) bond motifs is 1. The fourth-order valence-corrected chi connectivity index (χ4v) is 3.65. The van der Waals surface area contributed by atoms with Crippen LogP contribution in [0.5, 0.6) is 0 Å². The normalized spacial score (nSPS) is 24.3. The summed E-state index contributed by atoms with van der Waals surface area (Å²) in [5.74, 6) is 0. The lowest BCUT2D eigenvalue weighted by atomic mass is 10.1. The molecule has 0 saturated carbocycles. The first-order valence-corrected chi connectivity index (χ1v) is 7.54. The zero-order valence-electron chi connectivity index (χ0n) is 11.2. The molecule has 4 heteroatoms. The van der Waals surface area contributed by atoms with E-state index in [0.717, 1.165) is 24.3 Å². The van der Waals surface area contributed by atoms with Crippen molar-refractivity contribution in [1.29, 1.82) is 0 Å². The predicted octanol–water partition coefficient (Wildman–Crippen LogP) is 2.51. The van der Waals surface area contributed by atoms with Crippen molar-refractivity contribution in [1.82, 2.24) is 4.90 Å². The molecule has 0 spiro atoms. The van der Waals surface area contributed by atoms with Crippen LogP contribution in [0.1, 0.15) is 24.8 Å². The van der Waals surface area contributed by atoms with Crippen molar-refractivity contribution in [3.05, 3.63) is 28.8 Å². The second-order valence-electron chi connectivity index (χ2n) is 5.53. The minimum Gasteiger partial charge on any atom is -0.392 e. The van der Waals surface area contributed by atoms with E-state index in [0.29, 0.717) is 11.1 Å². The highest BCUT2D eigenvalue weighted by molar-refractivity contribution is 6.31. The van der Waals surface area contributed by atoms with E-state index in [1.165, 1.54) is 32.4 Å². The molecule has 2 aliphatic rings. The third-order valence-electron chi connectivity index (χ3n) is 4.40. The zero-order valence-corrected chi connectivity index (χ0v) is 11.9. The third kappa shape index (κ3) is 2.60. The van der Waals surface area contributed by atoms with Gasteiger partial charge in [0.1, 0.15) is 0 Å². The molecule has 2 heterocycles. The smallest absolute Gasteiger partial charge is 0.0716 e. The average molecular weight is 281 g/mol. The van der Waals surface area contributed by atoms with Gasteiger partial charge in [0.25, 0.3) is 0 Å². The second-order valence-corrected chi connectivity index (χ2v) is 5.93. The Kier molecular flexibility index (Phi) is 3.96. The molecule has 2 fully saturated rings. The highest BCUT2D eigenvalue weighted by Gasteiger charge is 2.29. The molecule has 2 aliphatic heterocycles. The van der Waals surface area contributed by atoms with Gasteiger partial charge in [0, 0.05) is 41.9 Å². The summed E-state index contributed by atoms with van der Waals surface area (Å²) in [4.78, 5) is 5.02.